The third kappa shape index (κ3) is 5.27. The van der Waals surface area contributed by atoms with Gasteiger partial charge in [0.15, 0.2) is 0 Å². The molecule has 0 nitrogen and oxygen atoms in total. The quantitative estimate of drug-likeness (QED) is 0.156. The normalized spacial score (nSPS) is 11.9. The molecule has 0 aliphatic heterocycles. The molecule has 0 heterocycles. The Balaban J connectivity index is 0.878. The van der Waals surface area contributed by atoms with Crippen molar-refractivity contribution in [3.63, 3.8) is 0 Å². The van der Waals surface area contributed by atoms with Crippen LogP contribution in [0.2, 0.25) is 0 Å². The summed E-state index contributed by atoms with van der Waals surface area (Å²) in [6.07, 6.45) is 0. The van der Waals surface area contributed by atoms with E-state index >= 15 is 0 Å². The topological polar surface area (TPSA) is 0 Å². The van der Waals surface area contributed by atoms with Crippen LogP contribution in [0.4, 0.5) is 0 Å². The fourth-order valence-electron chi connectivity index (χ4n) is 10.6. The van der Waals surface area contributed by atoms with Crippen LogP contribution in [-0.4, -0.2) is 0 Å². The number of rotatable bonds is 4. The standard InChI is InChI=1S/C62H38/c1-3-20-49-45(16-1)47-18-5-9-24-53(47)61-55-26-11-7-22-51(55)57(37-59(49)61)41-32-28-39(29-33-41)43-14-13-15-44(36-43)40-30-34-42(35-31-40)58-38-60-50-21-4-2-17-46(50)48-19-6-10-25-54(48)62(60)56-27-12-8-23-52(56)58/h1-38H. The Labute approximate surface area is 359 Å². The highest BCUT2D eigenvalue weighted by atomic mass is 14.2. The molecule has 13 rings (SSSR count). The lowest BCUT2D eigenvalue weighted by molar-refractivity contribution is 1.58. The zero-order valence-electron chi connectivity index (χ0n) is 33.9. The molecule has 0 saturated heterocycles. The van der Waals surface area contributed by atoms with E-state index in [2.05, 4.69) is 231 Å². The van der Waals surface area contributed by atoms with Crippen LogP contribution >= 0.6 is 0 Å². The second kappa shape index (κ2) is 13.7. The summed E-state index contributed by atoms with van der Waals surface area (Å²) in [5, 5.41) is 20.8. The Morgan fingerprint density at radius 3 is 0.758 bits per heavy atom. The third-order valence-electron chi connectivity index (χ3n) is 13.4. The molecule has 0 aromatic heterocycles. The van der Waals surface area contributed by atoms with Crippen LogP contribution in [0.15, 0.2) is 231 Å². The highest BCUT2D eigenvalue weighted by molar-refractivity contribution is 6.34. The SMILES string of the molecule is c1cc(-c2ccc(-c3cc4c5ccccc5c5ccccc5c4c4ccccc34)cc2)cc(-c2ccc(-c3cc4c5ccccc5c5ccccc5c4c4ccccc34)cc2)c1. The van der Waals surface area contributed by atoms with Gasteiger partial charge in [0.25, 0.3) is 0 Å². The van der Waals surface area contributed by atoms with Crippen molar-refractivity contribution in [2.75, 3.05) is 0 Å². The smallest absolute Gasteiger partial charge is 0.00199 e. The first kappa shape index (κ1) is 34.8. The average molecular weight is 783 g/mol. The molecule has 0 N–H and O–H groups in total. The molecule has 13 aromatic rings. The number of hydrogen-bond donors (Lipinski definition) is 0. The van der Waals surface area contributed by atoms with Gasteiger partial charge in [0.2, 0.25) is 0 Å². The Bertz CT molecular complexity index is 3690. The van der Waals surface area contributed by atoms with Crippen molar-refractivity contribution < 1.29 is 0 Å². The molecule has 0 spiro atoms. The van der Waals surface area contributed by atoms with Crippen molar-refractivity contribution in [3.05, 3.63) is 231 Å². The van der Waals surface area contributed by atoms with Crippen LogP contribution in [-0.2, 0) is 0 Å². The van der Waals surface area contributed by atoms with Gasteiger partial charge in [-0.2, -0.15) is 0 Å². The Kier molecular flexibility index (Phi) is 7.71. The molecule has 0 atom stereocenters. The van der Waals surface area contributed by atoms with Crippen LogP contribution in [0.1, 0.15) is 0 Å². The van der Waals surface area contributed by atoms with Crippen molar-refractivity contribution in [2.45, 2.75) is 0 Å². The first-order chi connectivity index (χ1) is 30.8. The minimum absolute atomic E-state index is 1.20. The lowest BCUT2D eigenvalue weighted by atomic mass is 9.87. The molecule has 0 aliphatic carbocycles. The minimum Gasteiger partial charge on any atom is -0.0616 e. The monoisotopic (exact) mass is 782 g/mol. The molecule has 0 unspecified atom stereocenters. The average Bonchev–Trinajstić information content (AvgIpc) is 3.36. The third-order valence-corrected chi connectivity index (χ3v) is 13.4. The van der Waals surface area contributed by atoms with Gasteiger partial charge in [0, 0.05) is 0 Å². The highest BCUT2D eigenvalue weighted by Gasteiger charge is 2.17. The van der Waals surface area contributed by atoms with Crippen molar-refractivity contribution in [1.29, 1.82) is 0 Å². The van der Waals surface area contributed by atoms with Gasteiger partial charge in [-0.1, -0.05) is 212 Å². The van der Waals surface area contributed by atoms with Gasteiger partial charge < -0.3 is 0 Å². The maximum atomic E-state index is 2.43. The highest BCUT2D eigenvalue weighted by Crippen LogP contribution is 2.45. The second-order valence-electron chi connectivity index (χ2n) is 16.7. The predicted molar refractivity (Wildman–Crippen MR) is 268 cm³/mol. The van der Waals surface area contributed by atoms with E-state index < -0.39 is 0 Å². The lowest BCUT2D eigenvalue weighted by Gasteiger charge is -2.16. The maximum Gasteiger partial charge on any atom is -0.00199 e. The molecule has 0 amide bonds. The fraction of sp³-hybridized carbons (Fsp3) is 0. The molecule has 0 saturated carbocycles. The molecule has 0 radical (unpaired) electrons. The minimum atomic E-state index is 1.20. The van der Waals surface area contributed by atoms with E-state index in [4.69, 9.17) is 0 Å². The molecule has 0 aliphatic rings. The first-order valence-electron chi connectivity index (χ1n) is 21.6. The van der Waals surface area contributed by atoms with Crippen LogP contribution < -0.4 is 0 Å². The van der Waals surface area contributed by atoms with E-state index in [9.17, 15) is 0 Å². The van der Waals surface area contributed by atoms with Gasteiger partial charge in [-0.05, 0) is 149 Å². The van der Waals surface area contributed by atoms with E-state index in [0.717, 1.165) is 0 Å². The van der Waals surface area contributed by atoms with E-state index in [1.54, 1.807) is 0 Å². The van der Waals surface area contributed by atoms with E-state index in [0.29, 0.717) is 0 Å². The van der Waals surface area contributed by atoms with Crippen LogP contribution in [0.5, 0.6) is 0 Å². The molecule has 0 bridgehead atoms. The Morgan fingerprint density at radius 2 is 0.403 bits per heavy atom. The molecule has 62 heavy (non-hydrogen) atoms. The van der Waals surface area contributed by atoms with Gasteiger partial charge in [0.05, 0.1) is 0 Å². The number of hydrogen-bond acceptors (Lipinski definition) is 0. The van der Waals surface area contributed by atoms with Crippen LogP contribution in [0, 0.1) is 0 Å². The summed E-state index contributed by atoms with van der Waals surface area (Å²) in [5.41, 5.74) is 9.78. The summed E-state index contributed by atoms with van der Waals surface area (Å²) in [6, 6.07) is 85.4. The fourth-order valence-corrected chi connectivity index (χ4v) is 10.6. The molecule has 0 heteroatoms. The van der Waals surface area contributed by atoms with Gasteiger partial charge in [-0.15, -0.1) is 0 Å². The lowest BCUT2D eigenvalue weighted by Crippen LogP contribution is -1.89. The molecule has 13 aromatic carbocycles. The van der Waals surface area contributed by atoms with E-state index in [1.165, 1.54) is 131 Å². The molecular formula is C62H38. The Morgan fingerprint density at radius 1 is 0.145 bits per heavy atom. The summed E-state index contributed by atoms with van der Waals surface area (Å²) >= 11 is 0. The van der Waals surface area contributed by atoms with Crippen LogP contribution in [0.25, 0.3) is 131 Å². The summed E-state index contributed by atoms with van der Waals surface area (Å²) < 4.78 is 0. The van der Waals surface area contributed by atoms with Gasteiger partial charge in [0.1, 0.15) is 0 Å². The van der Waals surface area contributed by atoms with E-state index in [-0.39, 0.29) is 0 Å². The molecular weight excluding hydrogens is 745 g/mol. The van der Waals surface area contributed by atoms with E-state index in [1.807, 2.05) is 0 Å². The summed E-state index contributed by atoms with van der Waals surface area (Å²) in [6.45, 7) is 0. The largest absolute Gasteiger partial charge is 0.0616 e. The van der Waals surface area contributed by atoms with Crippen molar-refractivity contribution in [1.82, 2.24) is 0 Å². The zero-order chi connectivity index (χ0) is 40.7. The predicted octanol–water partition coefficient (Wildman–Crippen LogP) is 17.6. The summed E-state index contributed by atoms with van der Waals surface area (Å²) in [5.74, 6) is 0. The second-order valence-corrected chi connectivity index (χ2v) is 16.7. The maximum absolute atomic E-state index is 2.43. The molecule has 0 fully saturated rings. The van der Waals surface area contributed by atoms with Crippen molar-refractivity contribution >= 4 is 86.2 Å². The van der Waals surface area contributed by atoms with Gasteiger partial charge in [-0.25, -0.2) is 0 Å². The number of benzene rings is 13. The van der Waals surface area contributed by atoms with Crippen molar-refractivity contribution in [3.8, 4) is 44.5 Å². The summed E-state index contributed by atoms with van der Waals surface area (Å²) in [7, 11) is 0. The van der Waals surface area contributed by atoms with Crippen molar-refractivity contribution in [2.24, 2.45) is 0 Å². The summed E-state index contributed by atoms with van der Waals surface area (Å²) in [4.78, 5) is 0. The van der Waals surface area contributed by atoms with Gasteiger partial charge >= 0.3 is 0 Å². The first-order valence-corrected chi connectivity index (χ1v) is 21.6. The molecule has 286 valence electrons. The van der Waals surface area contributed by atoms with Crippen LogP contribution in [0.3, 0.4) is 0 Å². The Hall–Kier alpha value is -8.06. The van der Waals surface area contributed by atoms with Gasteiger partial charge in [-0.3, -0.25) is 0 Å². The number of fused-ring (bicyclic) bond motifs is 16. The zero-order valence-corrected chi connectivity index (χ0v) is 33.9.